The summed E-state index contributed by atoms with van der Waals surface area (Å²) in [7, 11) is 0. The minimum Gasteiger partial charge on any atom is -0.475 e. The molecule has 11 N–H and O–H groups in total. The van der Waals surface area contributed by atoms with Crippen LogP contribution in [0, 0.1) is 6.92 Å². The van der Waals surface area contributed by atoms with E-state index in [1.165, 1.54) is 0 Å². The number of H-pyrrole nitrogens is 1. The van der Waals surface area contributed by atoms with Crippen LogP contribution in [0.15, 0.2) is 77.8 Å². The number of amides is 4. The summed E-state index contributed by atoms with van der Waals surface area (Å²) in [6.07, 6.45) is -4.26. The summed E-state index contributed by atoms with van der Waals surface area (Å²) in [6, 6.07) is 22.0. The van der Waals surface area contributed by atoms with E-state index in [2.05, 4.69) is 32.0 Å². The molecule has 3 aromatic carbocycles. The summed E-state index contributed by atoms with van der Waals surface area (Å²) in [6.45, 7) is 2.79. The molecule has 0 saturated carbocycles. The number of fused-ring (bicyclic) bond motifs is 1. The molecule has 0 aliphatic carbocycles. The predicted molar refractivity (Wildman–Crippen MR) is 178 cm³/mol. The van der Waals surface area contributed by atoms with Crippen LogP contribution in [0.25, 0.3) is 22.0 Å². The molecule has 4 rings (SSSR count). The Morgan fingerprint density at radius 1 is 0.878 bits per heavy atom. The number of nitrogens with zero attached hydrogens (tertiary/aromatic N) is 1. The van der Waals surface area contributed by atoms with Crippen molar-refractivity contribution in [2.24, 2.45) is 22.2 Å². The van der Waals surface area contributed by atoms with E-state index in [9.17, 15) is 27.6 Å². The lowest BCUT2D eigenvalue weighted by Gasteiger charge is -2.18. The fourth-order valence-corrected chi connectivity index (χ4v) is 4.64. The quantitative estimate of drug-likeness (QED) is 0.0630. The molecule has 0 aliphatic heterocycles. The van der Waals surface area contributed by atoms with E-state index >= 15 is 0 Å². The summed E-state index contributed by atoms with van der Waals surface area (Å²) in [5, 5.41) is 16.4. The molecule has 260 valence electrons. The number of primary amides is 1. The van der Waals surface area contributed by atoms with Crippen molar-refractivity contribution in [3.63, 3.8) is 0 Å². The van der Waals surface area contributed by atoms with E-state index < -0.39 is 24.2 Å². The zero-order valence-corrected chi connectivity index (χ0v) is 26.4. The number of hydrogen-bond donors (Lipinski definition) is 8. The molecule has 16 heteroatoms. The number of carbonyl (C=O) groups excluding carboxylic acids is 3. The zero-order valence-electron chi connectivity index (χ0n) is 26.4. The van der Waals surface area contributed by atoms with Crippen LogP contribution < -0.4 is 33.2 Å². The van der Waals surface area contributed by atoms with Crippen molar-refractivity contribution in [2.45, 2.75) is 45.1 Å². The van der Waals surface area contributed by atoms with Crippen LogP contribution in [0.3, 0.4) is 0 Å². The third-order valence-electron chi connectivity index (χ3n) is 7.16. The maximum absolute atomic E-state index is 13.4. The van der Waals surface area contributed by atoms with Gasteiger partial charge < -0.3 is 43.2 Å². The van der Waals surface area contributed by atoms with Crippen LogP contribution in [0.2, 0.25) is 0 Å². The van der Waals surface area contributed by atoms with Crippen molar-refractivity contribution < 1.29 is 37.5 Å². The lowest BCUT2D eigenvalue weighted by Crippen LogP contribution is -2.46. The van der Waals surface area contributed by atoms with Gasteiger partial charge in [-0.1, -0.05) is 60.7 Å². The van der Waals surface area contributed by atoms with Crippen LogP contribution in [0.5, 0.6) is 0 Å². The summed E-state index contributed by atoms with van der Waals surface area (Å²) in [4.78, 5) is 53.7. The van der Waals surface area contributed by atoms with Gasteiger partial charge in [-0.15, -0.1) is 0 Å². The van der Waals surface area contributed by atoms with Crippen LogP contribution in [0.4, 0.5) is 18.0 Å². The summed E-state index contributed by atoms with van der Waals surface area (Å²) >= 11 is 0. The number of aromatic amines is 1. The zero-order chi connectivity index (χ0) is 36.1. The Balaban J connectivity index is 0.000000838. The molecule has 0 bridgehead atoms. The number of nitrogens with one attached hydrogen (secondary N) is 4. The average Bonchev–Trinajstić information content (AvgIpc) is 3.40. The van der Waals surface area contributed by atoms with Gasteiger partial charge in [0.1, 0.15) is 11.7 Å². The van der Waals surface area contributed by atoms with Crippen molar-refractivity contribution in [1.82, 2.24) is 20.9 Å². The number of aromatic nitrogens is 1. The van der Waals surface area contributed by atoms with Gasteiger partial charge in [-0.25, -0.2) is 9.59 Å². The Morgan fingerprint density at radius 3 is 2.02 bits per heavy atom. The number of guanidine groups is 1. The molecule has 1 atom stereocenters. The average molecular weight is 683 g/mol. The van der Waals surface area contributed by atoms with Crippen LogP contribution in [-0.4, -0.2) is 58.6 Å². The van der Waals surface area contributed by atoms with Gasteiger partial charge in [-0.05, 0) is 59.7 Å². The minimum absolute atomic E-state index is 0.0296. The number of aliphatic carboxylic acids is 1. The van der Waals surface area contributed by atoms with E-state index in [0.29, 0.717) is 31.6 Å². The largest absolute Gasteiger partial charge is 0.490 e. The third kappa shape index (κ3) is 11.6. The number of carboxylic acid groups (broad SMARTS) is 1. The van der Waals surface area contributed by atoms with E-state index in [4.69, 9.17) is 27.1 Å². The fraction of sp³-hybridized carbons (Fsp3) is 0.242. The first-order valence-corrected chi connectivity index (χ1v) is 14.9. The van der Waals surface area contributed by atoms with Crippen LogP contribution in [0.1, 0.15) is 40.0 Å². The molecule has 0 unspecified atom stereocenters. The molecule has 0 fully saturated rings. The Hall–Kier alpha value is -6.06. The second-order valence-electron chi connectivity index (χ2n) is 10.8. The van der Waals surface area contributed by atoms with Crippen molar-refractivity contribution >= 4 is 40.7 Å². The number of urea groups is 1. The molecular weight excluding hydrogens is 645 g/mol. The highest BCUT2D eigenvalue weighted by molar-refractivity contribution is 6.03. The van der Waals surface area contributed by atoms with Gasteiger partial charge in [0.2, 0.25) is 5.91 Å². The summed E-state index contributed by atoms with van der Waals surface area (Å²) in [5.41, 5.74) is 21.9. The van der Waals surface area contributed by atoms with Crippen LogP contribution in [-0.2, 0) is 22.7 Å². The van der Waals surface area contributed by atoms with E-state index in [1.54, 1.807) is 0 Å². The number of carbonyl (C=O) groups is 4. The van der Waals surface area contributed by atoms with E-state index in [0.717, 1.165) is 38.7 Å². The highest BCUT2D eigenvalue weighted by Crippen LogP contribution is 2.28. The monoisotopic (exact) mass is 682 g/mol. The number of aryl methyl sites for hydroxylation is 1. The SMILES string of the molecule is Cc1c(C(=O)N[C@H](CCCN=C(N)N)C(=O)NCc2ccc(CNC(N)=O)cc2)[nH]c2ccc(-c3ccccc3)cc12.O=C(O)C(F)(F)F. The Kier molecular flexibility index (Phi) is 13.1. The number of carboxylic acids is 1. The topological polar surface area (TPSA) is 231 Å². The van der Waals surface area contributed by atoms with Gasteiger partial charge in [0.25, 0.3) is 5.91 Å². The predicted octanol–water partition coefficient (Wildman–Crippen LogP) is 3.41. The van der Waals surface area contributed by atoms with Crippen LogP contribution >= 0.6 is 0 Å². The van der Waals surface area contributed by atoms with Crippen molar-refractivity contribution in [2.75, 3.05) is 6.54 Å². The number of rotatable bonds is 12. The molecule has 49 heavy (non-hydrogen) atoms. The first-order chi connectivity index (χ1) is 23.1. The van der Waals surface area contributed by atoms with Crippen molar-refractivity contribution in [1.29, 1.82) is 0 Å². The number of nitrogens with two attached hydrogens (primary N) is 3. The van der Waals surface area contributed by atoms with Gasteiger partial charge in [0.15, 0.2) is 5.96 Å². The highest BCUT2D eigenvalue weighted by atomic mass is 19.4. The maximum Gasteiger partial charge on any atom is 0.490 e. The number of alkyl halides is 3. The lowest BCUT2D eigenvalue weighted by atomic mass is 10.0. The molecule has 0 spiro atoms. The Bertz CT molecular complexity index is 1790. The second-order valence-corrected chi connectivity index (χ2v) is 10.8. The van der Waals surface area contributed by atoms with Gasteiger partial charge >= 0.3 is 18.2 Å². The highest BCUT2D eigenvalue weighted by Gasteiger charge is 2.38. The van der Waals surface area contributed by atoms with Crippen molar-refractivity contribution in [3.05, 3.63) is 95.2 Å². The maximum atomic E-state index is 13.4. The molecule has 1 heterocycles. The molecular formula is C33H37F3N8O5. The Morgan fingerprint density at radius 2 is 1.47 bits per heavy atom. The van der Waals surface area contributed by atoms with Gasteiger partial charge in [-0.3, -0.25) is 14.6 Å². The van der Waals surface area contributed by atoms with Crippen molar-refractivity contribution in [3.8, 4) is 11.1 Å². The van der Waals surface area contributed by atoms with Gasteiger partial charge in [0.05, 0.1) is 0 Å². The standard InChI is InChI=1S/C31H36N8O3.C2HF3O2/c1-19-24-16-23(22-6-3-2-4-7-22)13-14-25(24)38-27(19)29(41)39-26(8-5-15-35-30(32)33)28(40)36-17-20-9-11-21(12-10-20)18-37-31(34)42;3-2(4,5)1(6)7/h2-4,6-7,9-14,16,26,38H,5,8,15,17-18H2,1H3,(H,36,40)(H,39,41)(H4,32,33,35)(H3,34,37,42);(H,6,7)/t26-;/m1./s1. The first kappa shape index (κ1) is 37.4. The molecule has 0 aliphatic rings. The lowest BCUT2D eigenvalue weighted by molar-refractivity contribution is -0.192. The molecule has 13 nitrogen and oxygen atoms in total. The minimum atomic E-state index is -5.08. The molecule has 1 aromatic heterocycles. The Labute approximate surface area is 279 Å². The van der Waals surface area contributed by atoms with E-state index in [-0.39, 0.29) is 24.3 Å². The smallest absolute Gasteiger partial charge is 0.475 e. The molecule has 0 radical (unpaired) electrons. The third-order valence-corrected chi connectivity index (χ3v) is 7.16. The second kappa shape index (κ2) is 17.2. The molecule has 0 saturated heterocycles. The number of halogens is 3. The van der Waals surface area contributed by atoms with Gasteiger partial charge in [0, 0.05) is 30.5 Å². The molecule has 4 amide bonds. The number of aliphatic imine (C=N–C) groups is 1. The van der Waals surface area contributed by atoms with Gasteiger partial charge in [-0.2, -0.15) is 13.2 Å². The molecule has 4 aromatic rings. The normalized spacial score (nSPS) is 11.4. The fourth-order valence-electron chi connectivity index (χ4n) is 4.64. The summed E-state index contributed by atoms with van der Waals surface area (Å²) < 4.78 is 31.7. The summed E-state index contributed by atoms with van der Waals surface area (Å²) in [5.74, 6) is -3.49. The number of hydrogen-bond acceptors (Lipinski definition) is 5. The van der Waals surface area contributed by atoms with E-state index in [1.807, 2.05) is 73.7 Å². The first-order valence-electron chi connectivity index (χ1n) is 14.9. The number of benzene rings is 3.